The van der Waals surface area contributed by atoms with E-state index < -0.39 is 12.1 Å². The number of benzene rings is 1. The molecule has 0 N–H and O–H groups in total. The minimum Gasteiger partial charge on any atom is -0.467 e. The maximum absolute atomic E-state index is 13.5. The summed E-state index contributed by atoms with van der Waals surface area (Å²) in [4.78, 5) is 25.8. The molecule has 1 heterocycles. The summed E-state index contributed by atoms with van der Waals surface area (Å²) in [6.07, 6.45) is 11.4. The number of allylic oxidation sites excluding steroid dienone is 2. The maximum Gasteiger partial charge on any atom is 0.342 e. The maximum atomic E-state index is 13.5. The molecule has 0 aromatic heterocycles. The van der Waals surface area contributed by atoms with Crippen molar-refractivity contribution in [2.75, 3.05) is 34.4 Å². The Bertz CT molecular complexity index is 853. The molecule has 1 unspecified atom stereocenters. The Balaban J connectivity index is 2.16. The lowest BCUT2D eigenvalue weighted by Gasteiger charge is -2.28. The second kappa shape index (κ2) is 18.8. The zero-order valence-corrected chi connectivity index (χ0v) is 23.6. The predicted octanol–water partition coefficient (Wildman–Crippen LogP) is 6.01. The quantitative estimate of drug-likeness (QED) is 0.117. The smallest absolute Gasteiger partial charge is 0.342 e. The second-order valence-electron chi connectivity index (χ2n) is 9.78. The van der Waals surface area contributed by atoms with Crippen LogP contribution in [0.1, 0.15) is 87.6 Å². The van der Waals surface area contributed by atoms with Crippen molar-refractivity contribution in [2.24, 2.45) is 5.92 Å². The van der Waals surface area contributed by atoms with E-state index in [0.29, 0.717) is 37.0 Å². The molecule has 8 heteroatoms. The fourth-order valence-corrected chi connectivity index (χ4v) is 4.46. The van der Waals surface area contributed by atoms with Crippen LogP contribution in [0.25, 0.3) is 0 Å². The van der Waals surface area contributed by atoms with Crippen molar-refractivity contribution in [3.63, 3.8) is 0 Å². The molecule has 0 aliphatic carbocycles. The van der Waals surface area contributed by atoms with Gasteiger partial charge in [0, 0.05) is 33.5 Å². The molecule has 38 heavy (non-hydrogen) atoms. The molecular weight excluding hydrogens is 488 g/mol. The lowest BCUT2D eigenvalue weighted by molar-refractivity contribution is -0.144. The van der Waals surface area contributed by atoms with Crippen molar-refractivity contribution in [1.82, 2.24) is 0 Å². The van der Waals surface area contributed by atoms with Crippen LogP contribution in [0, 0.1) is 5.92 Å². The van der Waals surface area contributed by atoms with Gasteiger partial charge in [-0.15, -0.1) is 0 Å². The Morgan fingerprint density at radius 3 is 2.61 bits per heavy atom. The van der Waals surface area contributed by atoms with E-state index in [9.17, 15) is 9.59 Å². The minimum absolute atomic E-state index is 0.0157. The van der Waals surface area contributed by atoms with Crippen LogP contribution < -0.4 is 4.74 Å². The average Bonchev–Trinajstić information content (AvgIpc) is 2.91. The molecule has 8 nitrogen and oxygen atoms in total. The monoisotopic (exact) mass is 534 g/mol. The SMILES string of the molecule is CCCCCCCC(=O)OCCC1C[C@H](OCOC)[C@H](C)C/C=C/Cc2cccc(OCOC)c2C(=O)O1. The van der Waals surface area contributed by atoms with Crippen LogP contribution in [-0.2, 0) is 34.9 Å². The van der Waals surface area contributed by atoms with Crippen LogP contribution in [0.2, 0.25) is 0 Å². The second-order valence-corrected chi connectivity index (χ2v) is 9.78. The van der Waals surface area contributed by atoms with Crippen molar-refractivity contribution >= 4 is 11.9 Å². The number of ether oxygens (including phenoxy) is 6. The molecule has 0 amide bonds. The van der Waals surface area contributed by atoms with Gasteiger partial charge in [0.2, 0.25) is 0 Å². The summed E-state index contributed by atoms with van der Waals surface area (Å²) in [7, 11) is 3.11. The standard InChI is InChI=1S/C30H46O8/c1-5-6-7-8-9-17-28(31)35-19-18-25-20-27(37-22-34-4)23(2)13-10-11-14-24-15-12-16-26(36-21-33-3)29(24)30(32)38-25/h10-12,15-16,23,25,27H,5-9,13-14,17-22H2,1-4H3/b11-10+/t23-,25?,27+/m1/s1. The van der Waals surface area contributed by atoms with Gasteiger partial charge in [0.25, 0.3) is 0 Å². The minimum atomic E-state index is -0.518. The van der Waals surface area contributed by atoms with E-state index >= 15 is 0 Å². The number of carbonyl (C=O) groups excluding carboxylic acids is 2. The number of rotatable bonds is 15. The number of esters is 2. The largest absolute Gasteiger partial charge is 0.467 e. The Hall–Kier alpha value is -2.42. The van der Waals surface area contributed by atoms with Gasteiger partial charge in [0.15, 0.2) is 6.79 Å². The van der Waals surface area contributed by atoms with Gasteiger partial charge < -0.3 is 28.4 Å². The van der Waals surface area contributed by atoms with Crippen LogP contribution in [0.4, 0.5) is 0 Å². The molecule has 1 aromatic carbocycles. The molecule has 3 atom stereocenters. The molecule has 2 rings (SSSR count). The number of cyclic esters (lactones) is 1. The Morgan fingerprint density at radius 2 is 1.84 bits per heavy atom. The zero-order valence-electron chi connectivity index (χ0n) is 23.6. The van der Waals surface area contributed by atoms with Crippen LogP contribution in [0.15, 0.2) is 30.4 Å². The van der Waals surface area contributed by atoms with Gasteiger partial charge in [-0.05, 0) is 36.8 Å². The fourth-order valence-electron chi connectivity index (χ4n) is 4.46. The molecule has 0 saturated heterocycles. The van der Waals surface area contributed by atoms with Crippen LogP contribution in [0.5, 0.6) is 5.75 Å². The Morgan fingerprint density at radius 1 is 1.05 bits per heavy atom. The number of carbonyl (C=O) groups is 2. The normalized spacial score (nSPS) is 20.9. The van der Waals surface area contributed by atoms with Gasteiger partial charge in [0.1, 0.15) is 24.2 Å². The summed E-state index contributed by atoms with van der Waals surface area (Å²) in [5, 5.41) is 0. The van der Waals surface area contributed by atoms with Gasteiger partial charge >= 0.3 is 11.9 Å². The summed E-state index contributed by atoms with van der Waals surface area (Å²) in [6, 6.07) is 5.49. The van der Waals surface area contributed by atoms with E-state index in [1.807, 2.05) is 12.1 Å². The van der Waals surface area contributed by atoms with Crippen LogP contribution in [-0.4, -0.2) is 58.6 Å². The summed E-state index contributed by atoms with van der Waals surface area (Å²) < 4.78 is 33.4. The number of unbranched alkanes of at least 4 members (excludes halogenated alkanes) is 4. The summed E-state index contributed by atoms with van der Waals surface area (Å²) in [6.45, 7) is 4.61. The van der Waals surface area contributed by atoms with Crippen molar-refractivity contribution < 1.29 is 38.0 Å². The third-order valence-corrected chi connectivity index (χ3v) is 6.65. The zero-order chi connectivity index (χ0) is 27.6. The molecule has 0 bridgehead atoms. The highest BCUT2D eigenvalue weighted by molar-refractivity contribution is 5.94. The lowest BCUT2D eigenvalue weighted by Crippen LogP contribution is -2.32. The first kappa shape index (κ1) is 31.8. The molecule has 0 spiro atoms. The first-order valence-electron chi connectivity index (χ1n) is 13.9. The molecule has 0 radical (unpaired) electrons. The van der Waals surface area contributed by atoms with E-state index in [0.717, 1.165) is 31.2 Å². The summed E-state index contributed by atoms with van der Waals surface area (Å²) in [5.41, 5.74) is 1.19. The number of hydrogen-bond acceptors (Lipinski definition) is 8. The highest BCUT2D eigenvalue weighted by Crippen LogP contribution is 2.28. The highest BCUT2D eigenvalue weighted by Gasteiger charge is 2.28. The molecule has 0 fully saturated rings. The van der Waals surface area contributed by atoms with E-state index in [1.165, 1.54) is 20.0 Å². The van der Waals surface area contributed by atoms with Crippen molar-refractivity contribution in [3.05, 3.63) is 41.5 Å². The third kappa shape index (κ3) is 11.5. The van der Waals surface area contributed by atoms with Crippen LogP contribution >= 0.6 is 0 Å². The molecule has 1 aliphatic rings. The van der Waals surface area contributed by atoms with E-state index in [2.05, 4.69) is 26.0 Å². The topological polar surface area (TPSA) is 89.5 Å². The Kier molecular flexibility index (Phi) is 15.7. The van der Waals surface area contributed by atoms with Crippen molar-refractivity contribution in [3.8, 4) is 5.75 Å². The van der Waals surface area contributed by atoms with Gasteiger partial charge in [-0.1, -0.05) is 63.8 Å². The Labute approximate surface area is 227 Å². The fraction of sp³-hybridized carbons (Fsp3) is 0.667. The molecule has 1 aliphatic heterocycles. The molecular formula is C30H46O8. The van der Waals surface area contributed by atoms with Crippen molar-refractivity contribution in [2.45, 2.75) is 90.3 Å². The predicted molar refractivity (Wildman–Crippen MR) is 145 cm³/mol. The summed E-state index contributed by atoms with van der Waals surface area (Å²) in [5.74, 6) is -0.115. The average molecular weight is 535 g/mol. The highest BCUT2D eigenvalue weighted by atomic mass is 16.7. The summed E-state index contributed by atoms with van der Waals surface area (Å²) >= 11 is 0. The number of hydrogen-bond donors (Lipinski definition) is 0. The van der Waals surface area contributed by atoms with Gasteiger partial charge in [-0.25, -0.2) is 4.79 Å². The third-order valence-electron chi connectivity index (χ3n) is 6.65. The molecule has 1 aromatic rings. The van der Waals surface area contributed by atoms with Gasteiger partial charge in [0.05, 0.1) is 12.7 Å². The number of fused-ring (bicyclic) bond motifs is 1. The van der Waals surface area contributed by atoms with Crippen molar-refractivity contribution in [1.29, 1.82) is 0 Å². The van der Waals surface area contributed by atoms with Gasteiger partial charge in [-0.2, -0.15) is 0 Å². The van der Waals surface area contributed by atoms with E-state index in [-0.39, 0.29) is 38.2 Å². The first-order valence-corrected chi connectivity index (χ1v) is 13.9. The van der Waals surface area contributed by atoms with Gasteiger partial charge in [-0.3, -0.25) is 4.79 Å². The molecule has 0 saturated carbocycles. The molecule has 214 valence electrons. The van der Waals surface area contributed by atoms with E-state index in [1.54, 1.807) is 13.2 Å². The van der Waals surface area contributed by atoms with E-state index in [4.69, 9.17) is 28.4 Å². The van der Waals surface area contributed by atoms with Crippen LogP contribution in [0.3, 0.4) is 0 Å². The lowest BCUT2D eigenvalue weighted by atomic mass is 9.93. The first-order chi connectivity index (χ1) is 18.5. The number of methoxy groups -OCH3 is 2.